The maximum atomic E-state index is 3.56. The SMILES string of the molecule is C[C@@H]1CCCN1C[C@@H]1CCCN1.Cl.Cl. The normalized spacial score (nSPS) is 32.4. The third kappa shape index (κ3) is 3.58. The minimum absolute atomic E-state index is 0. The monoisotopic (exact) mass is 240 g/mol. The molecule has 2 saturated heterocycles. The fraction of sp³-hybridized carbons (Fsp3) is 1.00. The van der Waals surface area contributed by atoms with Crippen molar-refractivity contribution in [3.63, 3.8) is 0 Å². The van der Waals surface area contributed by atoms with Gasteiger partial charge in [-0.25, -0.2) is 0 Å². The molecule has 0 bridgehead atoms. The van der Waals surface area contributed by atoms with Crippen LogP contribution in [0.4, 0.5) is 0 Å². The predicted octanol–water partition coefficient (Wildman–Crippen LogP) is 2.07. The lowest BCUT2D eigenvalue weighted by molar-refractivity contribution is 0.244. The summed E-state index contributed by atoms with van der Waals surface area (Å²) in [5.74, 6) is 0. The molecule has 2 heterocycles. The highest BCUT2D eigenvalue weighted by atomic mass is 35.5. The summed E-state index contributed by atoms with van der Waals surface area (Å²) in [7, 11) is 0. The van der Waals surface area contributed by atoms with Crippen molar-refractivity contribution in [2.24, 2.45) is 0 Å². The fourth-order valence-corrected chi connectivity index (χ4v) is 2.46. The van der Waals surface area contributed by atoms with Gasteiger partial charge in [0, 0.05) is 18.6 Å². The highest BCUT2D eigenvalue weighted by molar-refractivity contribution is 5.85. The third-order valence-corrected chi connectivity index (χ3v) is 3.31. The van der Waals surface area contributed by atoms with Crippen LogP contribution in [0.1, 0.15) is 32.6 Å². The molecule has 2 nitrogen and oxygen atoms in total. The van der Waals surface area contributed by atoms with E-state index in [4.69, 9.17) is 0 Å². The van der Waals surface area contributed by atoms with E-state index in [1.165, 1.54) is 45.3 Å². The number of nitrogens with one attached hydrogen (secondary N) is 1. The molecule has 0 unspecified atom stereocenters. The second-order valence-corrected chi connectivity index (χ2v) is 4.28. The number of nitrogens with zero attached hydrogens (tertiary/aromatic N) is 1. The van der Waals surface area contributed by atoms with Crippen molar-refractivity contribution in [3.05, 3.63) is 0 Å². The maximum Gasteiger partial charge on any atom is 0.0195 e. The van der Waals surface area contributed by atoms with Gasteiger partial charge in [0.2, 0.25) is 0 Å². The molecule has 2 rings (SSSR count). The Kier molecular flexibility index (Phi) is 7.13. The summed E-state index contributed by atoms with van der Waals surface area (Å²) in [5, 5.41) is 3.56. The lowest BCUT2D eigenvalue weighted by Gasteiger charge is -2.24. The van der Waals surface area contributed by atoms with Gasteiger partial charge in [-0.3, -0.25) is 4.90 Å². The Bertz CT molecular complexity index is 149. The number of hydrogen-bond acceptors (Lipinski definition) is 2. The zero-order chi connectivity index (χ0) is 8.39. The lowest BCUT2D eigenvalue weighted by Crippen LogP contribution is -2.39. The predicted molar refractivity (Wildman–Crippen MR) is 65.8 cm³/mol. The van der Waals surface area contributed by atoms with E-state index in [9.17, 15) is 0 Å². The fourth-order valence-electron chi connectivity index (χ4n) is 2.46. The molecule has 2 aliphatic rings. The van der Waals surface area contributed by atoms with E-state index in [1.54, 1.807) is 0 Å². The van der Waals surface area contributed by atoms with Crippen molar-refractivity contribution in [3.8, 4) is 0 Å². The Balaban J connectivity index is 0.000000845. The summed E-state index contributed by atoms with van der Waals surface area (Å²) >= 11 is 0. The highest BCUT2D eigenvalue weighted by Crippen LogP contribution is 2.18. The van der Waals surface area contributed by atoms with Crippen LogP contribution in [0.3, 0.4) is 0 Å². The van der Waals surface area contributed by atoms with E-state index in [1.807, 2.05) is 0 Å². The van der Waals surface area contributed by atoms with Crippen LogP contribution in [0, 0.1) is 0 Å². The molecule has 4 heteroatoms. The Morgan fingerprint density at radius 2 is 2.00 bits per heavy atom. The van der Waals surface area contributed by atoms with Gasteiger partial charge in [0.15, 0.2) is 0 Å². The molecule has 0 aromatic carbocycles. The number of rotatable bonds is 2. The van der Waals surface area contributed by atoms with Gasteiger partial charge in [0.1, 0.15) is 0 Å². The van der Waals surface area contributed by atoms with Crippen molar-refractivity contribution >= 4 is 24.8 Å². The third-order valence-electron chi connectivity index (χ3n) is 3.31. The van der Waals surface area contributed by atoms with Crippen LogP contribution in [0.5, 0.6) is 0 Å². The largest absolute Gasteiger partial charge is 0.313 e. The van der Waals surface area contributed by atoms with Crippen molar-refractivity contribution in [1.82, 2.24) is 10.2 Å². The number of halogens is 2. The molecule has 2 atom stereocenters. The van der Waals surface area contributed by atoms with E-state index in [-0.39, 0.29) is 24.8 Å². The first-order valence-electron chi connectivity index (χ1n) is 5.33. The summed E-state index contributed by atoms with van der Waals surface area (Å²) in [5.41, 5.74) is 0. The molecule has 0 saturated carbocycles. The molecule has 1 N–H and O–H groups in total. The summed E-state index contributed by atoms with van der Waals surface area (Å²) in [6.07, 6.45) is 5.59. The maximum absolute atomic E-state index is 3.56. The Labute approximate surface area is 99.6 Å². The minimum atomic E-state index is 0. The van der Waals surface area contributed by atoms with Gasteiger partial charge in [-0.1, -0.05) is 0 Å². The molecular formula is C10H22Cl2N2. The van der Waals surface area contributed by atoms with Crippen LogP contribution in [0.15, 0.2) is 0 Å². The summed E-state index contributed by atoms with van der Waals surface area (Å²) in [6, 6.07) is 1.64. The van der Waals surface area contributed by atoms with Crippen molar-refractivity contribution in [1.29, 1.82) is 0 Å². The second kappa shape index (κ2) is 6.89. The molecule has 0 spiro atoms. The highest BCUT2D eigenvalue weighted by Gasteiger charge is 2.24. The molecule has 0 radical (unpaired) electrons. The summed E-state index contributed by atoms with van der Waals surface area (Å²) in [6.45, 7) is 6.23. The molecule has 0 aliphatic carbocycles. The Hall–Kier alpha value is 0.500. The Morgan fingerprint density at radius 3 is 2.50 bits per heavy atom. The number of hydrogen-bond donors (Lipinski definition) is 1. The van der Waals surface area contributed by atoms with Gasteiger partial charge in [0.25, 0.3) is 0 Å². The van der Waals surface area contributed by atoms with Crippen LogP contribution in [-0.4, -0.2) is 36.6 Å². The summed E-state index contributed by atoms with van der Waals surface area (Å²) < 4.78 is 0. The zero-order valence-corrected chi connectivity index (χ0v) is 10.5. The molecule has 86 valence electrons. The molecule has 2 aliphatic heterocycles. The molecular weight excluding hydrogens is 219 g/mol. The first kappa shape index (κ1) is 14.5. The van der Waals surface area contributed by atoms with Crippen molar-refractivity contribution in [2.45, 2.75) is 44.7 Å². The first-order chi connectivity index (χ1) is 5.86. The van der Waals surface area contributed by atoms with Gasteiger partial charge in [-0.2, -0.15) is 0 Å². The average Bonchev–Trinajstić information content (AvgIpc) is 2.65. The summed E-state index contributed by atoms with van der Waals surface area (Å²) in [4.78, 5) is 2.64. The minimum Gasteiger partial charge on any atom is -0.313 e. The zero-order valence-electron chi connectivity index (χ0n) is 8.87. The smallest absolute Gasteiger partial charge is 0.0195 e. The van der Waals surface area contributed by atoms with E-state index < -0.39 is 0 Å². The van der Waals surface area contributed by atoms with Crippen molar-refractivity contribution < 1.29 is 0 Å². The van der Waals surface area contributed by atoms with Gasteiger partial charge in [-0.15, -0.1) is 24.8 Å². The van der Waals surface area contributed by atoms with Gasteiger partial charge >= 0.3 is 0 Å². The van der Waals surface area contributed by atoms with Gasteiger partial charge < -0.3 is 5.32 Å². The topological polar surface area (TPSA) is 15.3 Å². The molecule has 14 heavy (non-hydrogen) atoms. The van der Waals surface area contributed by atoms with Crippen LogP contribution in [0.2, 0.25) is 0 Å². The van der Waals surface area contributed by atoms with Crippen LogP contribution in [-0.2, 0) is 0 Å². The van der Waals surface area contributed by atoms with E-state index >= 15 is 0 Å². The van der Waals surface area contributed by atoms with E-state index in [0.29, 0.717) is 0 Å². The van der Waals surface area contributed by atoms with Crippen molar-refractivity contribution in [2.75, 3.05) is 19.6 Å². The standard InChI is InChI=1S/C10H20N2.2ClH/c1-9-4-3-7-12(9)8-10-5-2-6-11-10;;/h9-11H,2-8H2,1H3;2*1H/t9-,10+;;/m1../s1. The average molecular weight is 241 g/mol. The van der Waals surface area contributed by atoms with Gasteiger partial charge in [-0.05, 0) is 45.7 Å². The first-order valence-corrected chi connectivity index (χ1v) is 5.33. The molecule has 2 fully saturated rings. The van der Waals surface area contributed by atoms with E-state index in [2.05, 4.69) is 17.1 Å². The van der Waals surface area contributed by atoms with Gasteiger partial charge in [0.05, 0.1) is 0 Å². The Morgan fingerprint density at radius 1 is 1.21 bits per heavy atom. The van der Waals surface area contributed by atoms with E-state index in [0.717, 1.165) is 12.1 Å². The number of likely N-dealkylation sites (tertiary alicyclic amines) is 1. The quantitative estimate of drug-likeness (QED) is 0.796. The lowest BCUT2D eigenvalue weighted by atomic mass is 10.2. The van der Waals surface area contributed by atoms with Crippen LogP contribution >= 0.6 is 24.8 Å². The van der Waals surface area contributed by atoms with Crippen LogP contribution in [0.25, 0.3) is 0 Å². The molecule has 0 aromatic rings. The second-order valence-electron chi connectivity index (χ2n) is 4.28. The molecule has 0 amide bonds. The molecule has 0 aromatic heterocycles. The van der Waals surface area contributed by atoms with Crippen LogP contribution < -0.4 is 5.32 Å².